The number of ether oxygens (including phenoxy) is 1. The van der Waals surface area contributed by atoms with E-state index in [0.717, 1.165) is 47.9 Å². The number of nitrogens with zero attached hydrogens (tertiary/aromatic N) is 2. The lowest BCUT2D eigenvalue weighted by Gasteiger charge is -2.23. The van der Waals surface area contributed by atoms with Crippen LogP contribution in [0.1, 0.15) is 18.4 Å². The summed E-state index contributed by atoms with van der Waals surface area (Å²) in [7, 11) is 1.62. The first kappa shape index (κ1) is 16.1. The number of nitrogens with one attached hydrogen (secondary N) is 1. The molecule has 0 saturated carbocycles. The highest BCUT2D eigenvalue weighted by molar-refractivity contribution is 6.20. The van der Waals surface area contributed by atoms with Gasteiger partial charge in [-0.2, -0.15) is 0 Å². The lowest BCUT2D eigenvalue weighted by Crippen LogP contribution is -2.39. The van der Waals surface area contributed by atoms with E-state index in [-0.39, 0.29) is 6.03 Å². The molecule has 5 nitrogen and oxygen atoms in total. The van der Waals surface area contributed by atoms with Gasteiger partial charge in [0, 0.05) is 18.7 Å². The molecule has 0 unspecified atom stereocenters. The van der Waals surface area contributed by atoms with E-state index in [2.05, 4.69) is 10.3 Å². The smallest absolute Gasteiger partial charge is 0.331 e. The van der Waals surface area contributed by atoms with Crippen LogP contribution in [0.25, 0.3) is 0 Å². The minimum atomic E-state index is -0.202. The molecule has 0 fully saturated rings. The van der Waals surface area contributed by atoms with Gasteiger partial charge in [-0.25, -0.2) is 4.79 Å². The number of amides is 2. The zero-order chi connectivity index (χ0) is 16.9. The molecule has 1 aliphatic rings. The molecule has 0 aliphatic carbocycles. The minimum absolute atomic E-state index is 0.202. The van der Waals surface area contributed by atoms with E-state index < -0.39 is 0 Å². The third-order valence-corrected chi connectivity index (χ3v) is 3.92. The summed E-state index contributed by atoms with van der Waals surface area (Å²) in [4.78, 5) is 19.0. The number of aliphatic imine (C=N–C) groups is 1. The van der Waals surface area contributed by atoms with Crippen molar-refractivity contribution in [2.45, 2.75) is 19.8 Å². The zero-order valence-corrected chi connectivity index (χ0v) is 14.0. The molecule has 0 atom stereocenters. The molecule has 2 aromatic rings. The van der Waals surface area contributed by atoms with E-state index in [1.165, 1.54) is 0 Å². The van der Waals surface area contributed by atoms with Gasteiger partial charge in [0.2, 0.25) is 0 Å². The Kier molecular flexibility index (Phi) is 4.79. The van der Waals surface area contributed by atoms with Crippen LogP contribution in [0.5, 0.6) is 5.75 Å². The molecule has 1 N–H and O–H groups in total. The molecule has 1 aliphatic heterocycles. The molecule has 0 spiro atoms. The fourth-order valence-corrected chi connectivity index (χ4v) is 2.71. The predicted octanol–water partition coefficient (Wildman–Crippen LogP) is 4.23. The van der Waals surface area contributed by atoms with E-state index >= 15 is 0 Å². The fraction of sp³-hybridized carbons (Fsp3) is 0.263. The highest BCUT2D eigenvalue weighted by atomic mass is 16.5. The highest BCUT2D eigenvalue weighted by Crippen LogP contribution is 2.22. The van der Waals surface area contributed by atoms with Crippen LogP contribution in [0.15, 0.2) is 53.5 Å². The number of hydrogen-bond donors (Lipinski definition) is 1. The van der Waals surface area contributed by atoms with E-state index in [9.17, 15) is 4.79 Å². The van der Waals surface area contributed by atoms with E-state index in [1.807, 2.05) is 55.5 Å². The lowest BCUT2D eigenvalue weighted by molar-refractivity contribution is 0.259. The first-order chi connectivity index (χ1) is 11.7. The number of rotatable bonds is 3. The summed E-state index contributed by atoms with van der Waals surface area (Å²) in [5, 5.41) is 2.94. The molecular formula is C19H21N3O2. The van der Waals surface area contributed by atoms with E-state index in [0.29, 0.717) is 0 Å². The van der Waals surface area contributed by atoms with Gasteiger partial charge in [-0.1, -0.05) is 12.1 Å². The molecule has 0 aromatic heterocycles. The number of hydrogen-bond acceptors (Lipinski definition) is 3. The zero-order valence-electron chi connectivity index (χ0n) is 14.0. The number of amidine groups is 1. The average Bonchev–Trinajstić information content (AvgIpc) is 3.10. The highest BCUT2D eigenvalue weighted by Gasteiger charge is 2.23. The Morgan fingerprint density at radius 1 is 1.21 bits per heavy atom. The van der Waals surface area contributed by atoms with E-state index in [1.54, 1.807) is 12.0 Å². The van der Waals surface area contributed by atoms with Crippen LogP contribution in [0.4, 0.5) is 16.2 Å². The lowest BCUT2D eigenvalue weighted by atomic mass is 10.2. The SMILES string of the molecule is COc1ccc(NC(=O)N(C2=NCCC2)c2cccc(C)c2)cc1. The minimum Gasteiger partial charge on any atom is -0.497 e. The second kappa shape index (κ2) is 7.17. The number of anilines is 2. The van der Waals surface area contributed by atoms with Gasteiger partial charge in [0.15, 0.2) is 0 Å². The molecule has 3 rings (SSSR count). The molecule has 124 valence electrons. The number of methoxy groups -OCH3 is 1. The number of carbonyl (C=O) groups is 1. The van der Waals surface area contributed by atoms with Gasteiger partial charge >= 0.3 is 6.03 Å². The van der Waals surface area contributed by atoms with Gasteiger partial charge in [-0.15, -0.1) is 0 Å². The summed E-state index contributed by atoms with van der Waals surface area (Å²) in [6.07, 6.45) is 1.79. The van der Waals surface area contributed by atoms with Gasteiger partial charge < -0.3 is 10.1 Å². The maximum absolute atomic E-state index is 12.9. The summed E-state index contributed by atoms with van der Waals surface area (Å²) in [6.45, 7) is 2.78. The summed E-state index contributed by atoms with van der Waals surface area (Å²) in [5.41, 5.74) is 2.66. The van der Waals surface area contributed by atoms with Crippen molar-refractivity contribution in [3.05, 3.63) is 54.1 Å². The molecular weight excluding hydrogens is 302 g/mol. The first-order valence-electron chi connectivity index (χ1n) is 8.02. The Morgan fingerprint density at radius 3 is 2.62 bits per heavy atom. The van der Waals surface area contributed by atoms with E-state index in [4.69, 9.17) is 4.74 Å². The number of aryl methyl sites for hydroxylation is 1. The Hall–Kier alpha value is -2.82. The first-order valence-corrected chi connectivity index (χ1v) is 8.02. The molecule has 5 heteroatoms. The predicted molar refractivity (Wildman–Crippen MR) is 97.2 cm³/mol. The van der Waals surface area contributed by atoms with Gasteiger partial charge in [-0.3, -0.25) is 9.89 Å². The second-order valence-corrected chi connectivity index (χ2v) is 5.73. The molecule has 0 bridgehead atoms. The van der Waals surface area contributed by atoms with Gasteiger partial charge in [0.05, 0.1) is 12.8 Å². The maximum atomic E-state index is 12.9. The van der Waals surface area contributed by atoms with Crippen molar-refractivity contribution in [2.24, 2.45) is 4.99 Å². The van der Waals surface area contributed by atoms with Gasteiger partial charge in [0.25, 0.3) is 0 Å². The van der Waals surface area contributed by atoms with Crippen molar-refractivity contribution in [1.82, 2.24) is 0 Å². The Morgan fingerprint density at radius 2 is 2.00 bits per heavy atom. The summed E-state index contributed by atoms with van der Waals surface area (Å²) in [5.74, 6) is 1.57. The number of benzene rings is 2. The normalized spacial score (nSPS) is 13.3. The number of carbonyl (C=O) groups excluding carboxylic acids is 1. The van der Waals surface area contributed by atoms with Crippen LogP contribution >= 0.6 is 0 Å². The molecule has 0 radical (unpaired) electrons. The summed E-state index contributed by atoms with van der Waals surface area (Å²) < 4.78 is 5.14. The standard InChI is InChI=1S/C19H21N3O2/c1-14-5-3-6-16(13-14)22(18-7-4-12-20-18)19(23)21-15-8-10-17(24-2)11-9-15/h3,5-6,8-11,13H,4,7,12H2,1-2H3,(H,21,23). The Labute approximate surface area is 142 Å². The van der Waals surface area contributed by atoms with Gasteiger partial charge in [0.1, 0.15) is 11.6 Å². The average molecular weight is 323 g/mol. The van der Waals surface area contributed by atoms with Crippen LogP contribution < -0.4 is 15.0 Å². The second-order valence-electron chi connectivity index (χ2n) is 5.73. The largest absolute Gasteiger partial charge is 0.497 e. The number of urea groups is 1. The monoisotopic (exact) mass is 323 g/mol. The molecule has 2 amide bonds. The van der Waals surface area contributed by atoms with Crippen molar-refractivity contribution in [2.75, 3.05) is 23.9 Å². The quantitative estimate of drug-likeness (QED) is 0.919. The van der Waals surface area contributed by atoms with Crippen LogP contribution in [-0.2, 0) is 0 Å². The van der Waals surface area contributed by atoms with Crippen LogP contribution in [0.2, 0.25) is 0 Å². The molecule has 2 aromatic carbocycles. The Balaban J connectivity index is 1.85. The van der Waals surface area contributed by atoms with Crippen molar-refractivity contribution in [3.63, 3.8) is 0 Å². The third kappa shape index (κ3) is 3.56. The Bertz CT molecular complexity index is 753. The fourth-order valence-electron chi connectivity index (χ4n) is 2.71. The topological polar surface area (TPSA) is 53.9 Å². The van der Waals surface area contributed by atoms with Crippen LogP contribution in [0.3, 0.4) is 0 Å². The maximum Gasteiger partial charge on any atom is 0.331 e. The van der Waals surface area contributed by atoms with Crippen LogP contribution in [-0.4, -0.2) is 25.5 Å². The summed E-state index contributed by atoms with van der Waals surface area (Å²) in [6, 6.07) is 15.0. The molecule has 1 heterocycles. The molecule has 24 heavy (non-hydrogen) atoms. The van der Waals surface area contributed by atoms with Crippen LogP contribution in [0, 0.1) is 6.92 Å². The van der Waals surface area contributed by atoms with Crippen molar-refractivity contribution in [1.29, 1.82) is 0 Å². The third-order valence-electron chi connectivity index (χ3n) is 3.92. The van der Waals surface area contributed by atoms with Gasteiger partial charge in [-0.05, 0) is 55.3 Å². The summed E-state index contributed by atoms with van der Waals surface area (Å²) >= 11 is 0. The van der Waals surface area contributed by atoms with Crippen molar-refractivity contribution in [3.8, 4) is 5.75 Å². The van der Waals surface area contributed by atoms with Crippen molar-refractivity contribution >= 4 is 23.2 Å². The molecule has 0 saturated heterocycles. The van der Waals surface area contributed by atoms with Crippen molar-refractivity contribution < 1.29 is 9.53 Å².